The van der Waals surface area contributed by atoms with Gasteiger partial charge in [-0.25, -0.2) is 12.7 Å². The van der Waals surface area contributed by atoms with E-state index in [1.54, 1.807) is 6.92 Å². The van der Waals surface area contributed by atoms with Crippen LogP contribution >= 0.6 is 12.4 Å². The molecule has 0 saturated carbocycles. The van der Waals surface area contributed by atoms with E-state index in [0.717, 1.165) is 19.4 Å². The zero-order valence-corrected chi connectivity index (χ0v) is 15.7. The van der Waals surface area contributed by atoms with Crippen molar-refractivity contribution in [3.63, 3.8) is 0 Å². The van der Waals surface area contributed by atoms with Crippen molar-refractivity contribution >= 4 is 28.3 Å². The summed E-state index contributed by atoms with van der Waals surface area (Å²) in [5.41, 5.74) is 5.84. The van der Waals surface area contributed by atoms with E-state index >= 15 is 0 Å². The number of halogens is 1. The van der Waals surface area contributed by atoms with Gasteiger partial charge in [0.05, 0.1) is 5.75 Å². The van der Waals surface area contributed by atoms with Gasteiger partial charge in [0.2, 0.25) is 15.9 Å². The normalized spacial score (nSPS) is 27.5. The van der Waals surface area contributed by atoms with E-state index < -0.39 is 10.0 Å². The van der Waals surface area contributed by atoms with Crippen molar-refractivity contribution in [2.45, 2.75) is 45.6 Å². The van der Waals surface area contributed by atoms with Gasteiger partial charge in [-0.1, -0.05) is 6.92 Å². The first kappa shape index (κ1) is 20.7. The smallest absolute Gasteiger partial charge is 0.226 e. The van der Waals surface area contributed by atoms with Crippen molar-refractivity contribution in [2.75, 3.05) is 31.9 Å². The molecule has 0 aromatic carbocycles. The van der Waals surface area contributed by atoms with Gasteiger partial charge in [0.1, 0.15) is 0 Å². The first-order valence-corrected chi connectivity index (χ1v) is 9.98. The molecule has 8 heteroatoms. The molecule has 2 N–H and O–H groups in total. The summed E-state index contributed by atoms with van der Waals surface area (Å²) in [6, 6.07) is 0.147. The zero-order chi connectivity index (χ0) is 16.3. The van der Waals surface area contributed by atoms with E-state index in [9.17, 15) is 13.2 Å². The molecule has 0 radical (unpaired) electrons. The molecule has 2 atom stereocenters. The van der Waals surface area contributed by atoms with E-state index in [-0.39, 0.29) is 36.0 Å². The highest BCUT2D eigenvalue weighted by atomic mass is 35.5. The van der Waals surface area contributed by atoms with Crippen molar-refractivity contribution in [1.29, 1.82) is 0 Å². The maximum absolute atomic E-state index is 12.8. The Morgan fingerprint density at radius 3 is 2.30 bits per heavy atom. The number of likely N-dealkylation sites (tertiary alicyclic amines) is 1. The fourth-order valence-corrected chi connectivity index (χ4v) is 4.70. The molecule has 0 aliphatic carbocycles. The lowest BCUT2D eigenvalue weighted by Gasteiger charge is -2.41. The van der Waals surface area contributed by atoms with Crippen LogP contribution in [0.4, 0.5) is 0 Å². The van der Waals surface area contributed by atoms with Gasteiger partial charge in [-0.3, -0.25) is 4.79 Å². The molecule has 0 aromatic rings. The van der Waals surface area contributed by atoms with Crippen LogP contribution in [0.3, 0.4) is 0 Å². The third kappa shape index (κ3) is 4.81. The van der Waals surface area contributed by atoms with Crippen LogP contribution in [0.15, 0.2) is 0 Å². The molecule has 0 spiro atoms. The third-order valence-corrected chi connectivity index (χ3v) is 6.98. The highest BCUT2D eigenvalue weighted by Crippen LogP contribution is 2.27. The summed E-state index contributed by atoms with van der Waals surface area (Å²) in [6.07, 6.45) is 3.26. The predicted octanol–water partition coefficient (Wildman–Crippen LogP) is 1.06. The van der Waals surface area contributed by atoms with Gasteiger partial charge >= 0.3 is 0 Å². The summed E-state index contributed by atoms with van der Waals surface area (Å²) < 4.78 is 25.3. The lowest BCUT2D eigenvalue weighted by Crippen LogP contribution is -2.52. The molecule has 2 unspecified atom stereocenters. The minimum Gasteiger partial charge on any atom is -0.338 e. The highest BCUT2D eigenvalue weighted by Gasteiger charge is 2.36. The van der Waals surface area contributed by atoms with Gasteiger partial charge in [0.25, 0.3) is 0 Å². The molecule has 1 amide bonds. The number of nitrogens with two attached hydrogens (primary N) is 1. The fraction of sp³-hybridized carbons (Fsp3) is 0.933. The molecule has 2 aliphatic rings. The lowest BCUT2D eigenvalue weighted by molar-refractivity contribution is -0.141. The van der Waals surface area contributed by atoms with E-state index in [1.165, 1.54) is 4.31 Å². The number of amides is 1. The number of hydrogen-bond acceptors (Lipinski definition) is 4. The van der Waals surface area contributed by atoms with Crippen LogP contribution in [-0.2, 0) is 14.8 Å². The average Bonchev–Trinajstić information content (AvgIpc) is 2.54. The van der Waals surface area contributed by atoms with Crippen LogP contribution in [0.2, 0.25) is 0 Å². The summed E-state index contributed by atoms with van der Waals surface area (Å²) in [6.45, 7) is 6.09. The highest BCUT2D eigenvalue weighted by molar-refractivity contribution is 7.89. The SMILES string of the molecule is CCS(=O)(=O)N1CCC(C(=O)N2CCC(C)CC2CN)CC1.Cl. The number of hydrogen-bond donors (Lipinski definition) is 1. The van der Waals surface area contributed by atoms with E-state index in [4.69, 9.17) is 5.73 Å². The van der Waals surface area contributed by atoms with Crippen LogP contribution < -0.4 is 5.73 Å². The van der Waals surface area contributed by atoms with E-state index in [1.807, 2.05) is 4.90 Å². The first-order chi connectivity index (χ1) is 10.4. The zero-order valence-electron chi connectivity index (χ0n) is 14.1. The molecule has 0 aromatic heterocycles. The van der Waals surface area contributed by atoms with Gasteiger partial charge in [0.15, 0.2) is 0 Å². The second kappa shape index (κ2) is 8.65. The van der Waals surface area contributed by atoms with Gasteiger partial charge < -0.3 is 10.6 Å². The van der Waals surface area contributed by atoms with Crippen LogP contribution in [0.5, 0.6) is 0 Å². The Morgan fingerprint density at radius 1 is 1.17 bits per heavy atom. The quantitative estimate of drug-likeness (QED) is 0.805. The Morgan fingerprint density at radius 2 is 1.78 bits per heavy atom. The van der Waals surface area contributed by atoms with Crippen molar-refractivity contribution in [2.24, 2.45) is 17.6 Å². The maximum Gasteiger partial charge on any atom is 0.226 e. The Bertz CT molecular complexity index is 492. The largest absolute Gasteiger partial charge is 0.338 e. The van der Waals surface area contributed by atoms with Crippen LogP contribution in [-0.4, -0.2) is 61.5 Å². The molecule has 23 heavy (non-hydrogen) atoms. The number of piperidine rings is 2. The van der Waals surface area contributed by atoms with Gasteiger partial charge in [-0.05, 0) is 38.5 Å². The third-order valence-electron chi connectivity index (χ3n) is 5.09. The number of sulfonamides is 1. The fourth-order valence-electron chi connectivity index (χ4n) is 3.56. The van der Waals surface area contributed by atoms with Gasteiger partial charge in [0, 0.05) is 38.1 Å². The van der Waals surface area contributed by atoms with Gasteiger partial charge in [-0.2, -0.15) is 0 Å². The predicted molar refractivity (Wildman–Crippen MR) is 94.0 cm³/mol. The Balaban J connectivity index is 0.00000264. The second-order valence-electron chi connectivity index (χ2n) is 6.62. The molecule has 6 nitrogen and oxygen atoms in total. The molecule has 2 saturated heterocycles. The molecule has 2 heterocycles. The van der Waals surface area contributed by atoms with Crippen molar-refractivity contribution in [3.8, 4) is 0 Å². The number of rotatable bonds is 4. The van der Waals surface area contributed by atoms with Crippen molar-refractivity contribution < 1.29 is 13.2 Å². The van der Waals surface area contributed by atoms with E-state index in [2.05, 4.69) is 6.92 Å². The Kier molecular flexibility index (Phi) is 7.77. The molecule has 2 rings (SSSR count). The van der Waals surface area contributed by atoms with Crippen LogP contribution in [0, 0.1) is 11.8 Å². The number of nitrogens with zero attached hydrogens (tertiary/aromatic N) is 2. The topological polar surface area (TPSA) is 83.7 Å². The Labute approximate surface area is 146 Å². The first-order valence-electron chi connectivity index (χ1n) is 8.37. The molecule has 136 valence electrons. The standard InChI is InChI=1S/C15H29N3O3S.ClH/c1-3-22(20,21)17-7-5-13(6-8-17)15(19)18-9-4-12(2)10-14(18)11-16;/h12-14H,3-11,16H2,1-2H3;1H. The summed E-state index contributed by atoms with van der Waals surface area (Å²) in [4.78, 5) is 14.7. The average molecular weight is 368 g/mol. The summed E-state index contributed by atoms with van der Waals surface area (Å²) in [5, 5.41) is 0. The summed E-state index contributed by atoms with van der Waals surface area (Å²) in [5.74, 6) is 0.876. The monoisotopic (exact) mass is 367 g/mol. The second-order valence-corrected chi connectivity index (χ2v) is 8.88. The number of carbonyl (C=O) groups excluding carboxylic acids is 1. The molecular weight excluding hydrogens is 338 g/mol. The van der Waals surface area contributed by atoms with Crippen LogP contribution in [0.1, 0.15) is 39.5 Å². The number of carbonyl (C=O) groups is 1. The summed E-state index contributed by atoms with van der Waals surface area (Å²) >= 11 is 0. The minimum absolute atomic E-state index is 0. The summed E-state index contributed by atoms with van der Waals surface area (Å²) in [7, 11) is -3.13. The maximum atomic E-state index is 12.8. The molecular formula is C15H30ClN3O3S. The van der Waals surface area contributed by atoms with Crippen LogP contribution in [0.25, 0.3) is 0 Å². The van der Waals surface area contributed by atoms with Crippen molar-refractivity contribution in [1.82, 2.24) is 9.21 Å². The van der Waals surface area contributed by atoms with E-state index in [0.29, 0.717) is 38.4 Å². The molecule has 0 bridgehead atoms. The minimum atomic E-state index is -3.13. The lowest BCUT2D eigenvalue weighted by atomic mass is 9.89. The molecule has 2 aliphatic heterocycles. The molecule has 2 fully saturated rings. The van der Waals surface area contributed by atoms with Crippen molar-refractivity contribution in [3.05, 3.63) is 0 Å². The van der Waals surface area contributed by atoms with Gasteiger partial charge in [-0.15, -0.1) is 12.4 Å². The Hall–Kier alpha value is -0.370.